The highest BCUT2D eigenvalue weighted by Crippen LogP contribution is 2.39. The van der Waals surface area contributed by atoms with E-state index in [1.54, 1.807) is 25.1 Å². The molecule has 1 atom stereocenters. The number of halogens is 2. The first-order valence-electron chi connectivity index (χ1n) is 9.60. The molecule has 7 nitrogen and oxygen atoms in total. The minimum atomic E-state index is -0.909. The lowest BCUT2D eigenvalue weighted by Gasteiger charge is -2.11. The standard InChI is InChI=1S/C22H20F2N4O3/c1-12-3-8-16(15(24)9-12)25-19(29)10-18-22(30)26-21-20(13-4-6-14(23)7-5-13)17(11-31-2)27-28(18)21/h3-9,18H,10-11H2,1-2H3,(H,25,29)(H,26,30). The number of anilines is 2. The second-order valence-corrected chi connectivity index (χ2v) is 7.30. The Morgan fingerprint density at radius 2 is 1.97 bits per heavy atom. The van der Waals surface area contributed by atoms with E-state index in [0.29, 0.717) is 22.6 Å². The van der Waals surface area contributed by atoms with Crippen molar-refractivity contribution in [2.45, 2.75) is 26.0 Å². The number of methoxy groups -OCH3 is 1. The van der Waals surface area contributed by atoms with Crippen LogP contribution in [-0.4, -0.2) is 28.7 Å². The highest BCUT2D eigenvalue weighted by atomic mass is 19.1. The average Bonchev–Trinajstić information content (AvgIpc) is 3.20. The molecule has 0 saturated heterocycles. The van der Waals surface area contributed by atoms with E-state index in [2.05, 4.69) is 15.7 Å². The van der Waals surface area contributed by atoms with Gasteiger partial charge in [0, 0.05) is 12.7 Å². The summed E-state index contributed by atoms with van der Waals surface area (Å²) in [5, 5.41) is 9.71. The number of nitrogens with one attached hydrogen (secondary N) is 2. The molecule has 31 heavy (non-hydrogen) atoms. The van der Waals surface area contributed by atoms with Gasteiger partial charge in [-0.2, -0.15) is 5.10 Å². The molecular formula is C22H20F2N4O3. The molecule has 0 radical (unpaired) electrons. The van der Waals surface area contributed by atoms with Gasteiger partial charge in [-0.1, -0.05) is 18.2 Å². The molecule has 2 amide bonds. The molecule has 2 N–H and O–H groups in total. The van der Waals surface area contributed by atoms with Gasteiger partial charge in [-0.15, -0.1) is 0 Å². The van der Waals surface area contributed by atoms with Gasteiger partial charge in [0.15, 0.2) is 0 Å². The number of carbonyl (C=O) groups excluding carboxylic acids is 2. The molecule has 9 heteroatoms. The fourth-order valence-electron chi connectivity index (χ4n) is 3.57. The first-order chi connectivity index (χ1) is 14.9. The van der Waals surface area contributed by atoms with E-state index >= 15 is 0 Å². The SMILES string of the molecule is COCc1nn2c(c1-c1ccc(F)cc1)NC(=O)C2CC(=O)Nc1ccc(C)cc1F. The molecule has 4 rings (SSSR count). The second kappa shape index (κ2) is 8.27. The summed E-state index contributed by atoms with van der Waals surface area (Å²) < 4.78 is 34.0. The average molecular weight is 426 g/mol. The lowest BCUT2D eigenvalue weighted by molar-refractivity contribution is -0.123. The quantitative estimate of drug-likeness (QED) is 0.628. The molecule has 0 saturated carbocycles. The number of aromatic nitrogens is 2. The van der Waals surface area contributed by atoms with Crippen LogP contribution in [0.1, 0.15) is 23.7 Å². The molecule has 1 aliphatic rings. The zero-order valence-corrected chi connectivity index (χ0v) is 16.9. The Bertz CT molecular complexity index is 1160. The van der Waals surface area contributed by atoms with Gasteiger partial charge in [0.25, 0.3) is 5.91 Å². The molecule has 0 fully saturated rings. The first-order valence-corrected chi connectivity index (χ1v) is 9.60. The normalized spacial score (nSPS) is 15.0. The lowest BCUT2D eigenvalue weighted by Crippen LogP contribution is -2.24. The topological polar surface area (TPSA) is 85.2 Å². The molecule has 1 aliphatic heterocycles. The fraction of sp³-hybridized carbons (Fsp3) is 0.227. The van der Waals surface area contributed by atoms with Gasteiger partial charge in [-0.05, 0) is 42.3 Å². The molecule has 0 spiro atoms. The summed E-state index contributed by atoms with van der Waals surface area (Å²) in [5.74, 6) is -1.46. The van der Waals surface area contributed by atoms with Gasteiger partial charge in [-0.25, -0.2) is 13.5 Å². The van der Waals surface area contributed by atoms with E-state index in [9.17, 15) is 18.4 Å². The molecular weight excluding hydrogens is 406 g/mol. The van der Waals surface area contributed by atoms with E-state index in [1.165, 1.54) is 36.1 Å². The predicted molar refractivity (Wildman–Crippen MR) is 110 cm³/mol. The largest absolute Gasteiger partial charge is 0.378 e. The van der Waals surface area contributed by atoms with E-state index in [0.717, 1.165) is 5.56 Å². The molecule has 2 heterocycles. The van der Waals surface area contributed by atoms with Crippen LogP contribution in [0, 0.1) is 18.6 Å². The van der Waals surface area contributed by atoms with Crippen LogP contribution in [0.2, 0.25) is 0 Å². The van der Waals surface area contributed by atoms with E-state index in [1.807, 2.05) is 0 Å². The van der Waals surface area contributed by atoms with Gasteiger partial charge in [0.1, 0.15) is 23.5 Å². The molecule has 0 bridgehead atoms. The van der Waals surface area contributed by atoms with Crippen molar-refractivity contribution in [3.05, 3.63) is 65.4 Å². The van der Waals surface area contributed by atoms with Gasteiger partial charge < -0.3 is 15.4 Å². The third-order valence-corrected chi connectivity index (χ3v) is 5.01. The zero-order valence-electron chi connectivity index (χ0n) is 16.9. The number of carbonyl (C=O) groups is 2. The number of aryl methyl sites for hydroxylation is 1. The van der Waals surface area contributed by atoms with Crippen molar-refractivity contribution in [1.29, 1.82) is 0 Å². The summed E-state index contributed by atoms with van der Waals surface area (Å²) in [5.41, 5.74) is 2.57. The van der Waals surface area contributed by atoms with Gasteiger partial charge in [-0.3, -0.25) is 9.59 Å². The Hall–Kier alpha value is -3.59. The van der Waals surface area contributed by atoms with Crippen molar-refractivity contribution in [1.82, 2.24) is 9.78 Å². The molecule has 0 aliphatic carbocycles. The Labute approximate surface area is 177 Å². The summed E-state index contributed by atoms with van der Waals surface area (Å²) in [6, 6.07) is 9.35. The van der Waals surface area contributed by atoms with Crippen LogP contribution >= 0.6 is 0 Å². The number of hydrogen-bond donors (Lipinski definition) is 2. The van der Waals surface area contributed by atoms with Crippen LogP contribution in [0.5, 0.6) is 0 Å². The van der Waals surface area contributed by atoms with Crippen molar-refractivity contribution in [3.8, 4) is 11.1 Å². The third-order valence-electron chi connectivity index (χ3n) is 5.01. The highest BCUT2D eigenvalue weighted by molar-refractivity contribution is 6.04. The number of hydrogen-bond acceptors (Lipinski definition) is 4. The van der Waals surface area contributed by atoms with Crippen LogP contribution in [0.4, 0.5) is 20.3 Å². The number of amides is 2. The minimum Gasteiger partial charge on any atom is -0.378 e. The third kappa shape index (κ3) is 4.04. The van der Waals surface area contributed by atoms with Crippen molar-refractivity contribution in [2.75, 3.05) is 17.7 Å². The van der Waals surface area contributed by atoms with Crippen molar-refractivity contribution < 1.29 is 23.1 Å². The van der Waals surface area contributed by atoms with Crippen molar-refractivity contribution in [2.24, 2.45) is 0 Å². The summed E-state index contributed by atoms with van der Waals surface area (Å²) in [7, 11) is 1.51. The summed E-state index contributed by atoms with van der Waals surface area (Å²) in [6.07, 6.45) is -0.233. The Kier molecular flexibility index (Phi) is 5.51. The highest BCUT2D eigenvalue weighted by Gasteiger charge is 2.37. The molecule has 160 valence electrons. The molecule has 3 aromatic rings. The van der Waals surface area contributed by atoms with Gasteiger partial charge in [0.05, 0.1) is 24.4 Å². The maximum atomic E-state index is 14.0. The fourth-order valence-corrected chi connectivity index (χ4v) is 3.57. The summed E-state index contributed by atoms with van der Waals surface area (Å²) in [4.78, 5) is 25.1. The van der Waals surface area contributed by atoms with Crippen LogP contribution in [-0.2, 0) is 20.9 Å². The number of nitrogens with zero attached hydrogens (tertiary/aromatic N) is 2. The monoisotopic (exact) mass is 426 g/mol. The zero-order chi connectivity index (χ0) is 22.1. The molecule has 1 unspecified atom stereocenters. The van der Waals surface area contributed by atoms with E-state index in [4.69, 9.17) is 4.74 Å². The Morgan fingerprint density at radius 1 is 1.23 bits per heavy atom. The van der Waals surface area contributed by atoms with Crippen LogP contribution in [0.25, 0.3) is 11.1 Å². The van der Waals surface area contributed by atoms with Crippen LogP contribution in [0.3, 0.4) is 0 Å². The van der Waals surface area contributed by atoms with Gasteiger partial charge in [0.2, 0.25) is 5.91 Å². The number of benzene rings is 2. The van der Waals surface area contributed by atoms with Crippen LogP contribution < -0.4 is 10.6 Å². The first kappa shape index (κ1) is 20.7. The van der Waals surface area contributed by atoms with E-state index in [-0.39, 0.29) is 24.5 Å². The number of fused-ring (bicyclic) bond motifs is 1. The smallest absolute Gasteiger partial charge is 0.251 e. The van der Waals surface area contributed by atoms with E-state index < -0.39 is 23.7 Å². The Balaban J connectivity index is 1.62. The number of ether oxygens (including phenoxy) is 1. The summed E-state index contributed by atoms with van der Waals surface area (Å²) >= 11 is 0. The maximum absolute atomic E-state index is 14.0. The molecule has 2 aromatic carbocycles. The Morgan fingerprint density at radius 3 is 2.65 bits per heavy atom. The van der Waals surface area contributed by atoms with Crippen molar-refractivity contribution >= 4 is 23.3 Å². The predicted octanol–water partition coefficient (Wildman–Crippen LogP) is 3.81. The van der Waals surface area contributed by atoms with Crippen molar-refractivity contribution in [3.63, 3.8) is 0 Å². The molecule has 1 aromatic heterocycles. The van der Waals surface area contributed by atoms with Crippen LogP contribution in [0.15, 0.2) is 42.5 Å². The maximum Gasteiger partial charge on any atom is 0.251 e. The second-order valence-electron chi connectivity index (χ2n) is 7.30. The minimum absolute atomic E-state index is 0.0433. The van der Waals surface area contributed by atoms with Gasteiger partial charge >= 0.3 is 0 Å². The number of rotatable bonds is 6. The summed E-state index contributed by atoms with van der Waals surface area (Å²) in [6.45, 7) is 1.91. The lowest BCUT2D eigenvalue weighted by atomic mass is 10.1.